The minimum Gasteiger partial charge on any atom is -0.353 e. The third-order valence-electron chi connectivity index (χ3n) is 5.38. The molecule has 2 aromatic carbocycles. The monoisotopic (exact) mass is 368 g/mol. The lowest BCUT2D eigenvalue weighted by Crippen LogP contribution is -2.49. The number of para-hydroxylation sites is 1. The molecule has 0 N–H and O–H groups in total. The maximum absolute atomic E-state index is 12.7. The zero-order valence-corrected chi connectivity index (χ0v) is 15.5. The van der Waals surface area contributed by atoms with Crippen molar-refractivity contribution in [1.82, 2.24) is 14.9 Å². The fraction of sp³-hybridized carbons (Fsp3) is 0.174. The summed E-state index contributed by atoms with van der Waals surface area (Å²) < 4.78 is 0. The molecule has 1 amide bonds. The van der Waals surface area contributed by atoms with Gasteiger partial charge in [0, 0.05) is 54.9 Å². The zero-order chi connectivity index (χ0) is 18.9. The Hall–Kier alpha value is -3.47. The first-order valence-electron chi connectivity index (χ1n) is 9.53. The van der Waals surface area contributed by atoms with Gasteiger partial charge in [0.2, 0.25) is 0 Å². The number of rotatable bonds is 2. The van der Waals surface area contributed by atoms with Crippen molar-refractivity contribution in [3.8, 4) is 0 Å². The molecule has 0 aliphatic carbocycles. The van der Waals surface area contributed by atoms with Gasteiger partial charge < -0.3 is 9.80 Å². The van der Waals surface area contributed by atoms with Crippen LogP contribution in [0.15, 0.2) is 73.1 Å². The van der Waals surface area contributed by atoms with Crippen molar-refractivity contribution in [2.45, 2.75) is 0 Å². The van der Waals surface area contributed by atoms with Gasteiger partial charge in [0.05, 0.1) is 5.52 Å². The highest BCUT2D eigenvalue weighted by molar-refractivity contribution is 6.10. The lowest BCUT2D eigenvalue weighted by molar-refractivity contribution is 0.0746. The van der Waals surface area contributed by atoms with Crippen LogP contribution in [0.5, 0.6) is 0 Å². The first kappa shape index (κ1) is 16.7. The highest BCUT2D eigenvalue weighted by Gasteiger charge is 2.24. The number of anilines is 1. The van der Waals surface area contributed by atoms with Gasteiger partial charge in [0.25, 0.3) is 5.91 Å². The van der Waals surface area contributed by atoms with Gasteiger partial charge >= 0.3 is 0 Å². The minimum atomic E-state index is 0.0679. The lowest BCUT2D eigenvalue weighted by atomic mass is 10.1. The molecule has 2 aromatic heterocycles. The van der Waals surface area contributed by atoms with Crippen LogP contribution in [0.2, 0.25) is 0 Å². The van der Waals surface area contributed by atoms with Crippen molar-refractivity contribution >= 4 is 33.4 Å². The van der Waals surface area contributed by atoms with Crippen molar-refractivity contribution < 1.29 is 4.79 Å². The van der Waals surface area contributed by atoms with Crippen LogP contribution in [0, 0.1) is 0 Å². The van der Waals surface area contributed by atoms with Gasteiger partial charge in [-0.3, -0.25) is 9.78 Å². The molecule has 1 fully saturated rings. The average Bonchev–Trinajstić information content (AvgIpc) is 2.79. The van der Waals surface area contributed by atoms with E-state index in [1.807, 2.05) is 11.0 Å². The minimum absolute atomic E-state index is 0.0679. The summed E-state index contributed by atoms with van der Waals surface area (Å²) in [5.74, 6) is 1.07. The number of hydrogen-bond acceptors (Lipinski definition) is 4. The Morgan fingerprint density at radius 2 is 1.39 bits per heavy atom. The van der Waals surface area contributed by atoms with E-state index in [-0.39, 0.29) is 5.91 Å². The molecule has 0 bridgehead atoms. The molecule has 5 nitrogen and oxygen atoms in total. The molecular formula is C23H20N4O. The number of piperazine rings is 1. The molecule has 4 aromatic rings. The van der Waals surface area contributed by atoms with Gasteiger partial charge in [-0.25, -0.2) is 4.98 Å². The number of carbonyl (C=O) groups excluding carboxylic acids is 1. The summed E-state index contributed by atoms with van der Waals surface area (Å²) in [4.78, 5) is 25.9. The molecule has 0 radical (unpaired) electrons. The molecule has 1 aliphatic heterocycles. The van der Waals surface area contributed by atoms with E-state index < -0.39 is 0 Å². The third kappa shape index (κ3) is 2.85. The number of amides is 1. The fourth-order valence-electron chi connectivity index (χ4n) is 3.93. The second-order valence-electron chi connectivity index (χ2n) is 7.01. The SMILES string of the molecule is O=C(c1ccncc1)N1CCN(c2nc3ccccc3c3ccccc23)CC1. The molecule has 5 rings (SSSR count). The number of nitrogens with zero attached hydrogens (tertiary/aromatic N) is 4. The van der Waals surface area contributed by atoms with Crippen molar-refractivity contribution in [3.63, 3.8) is 0 Å². The summed E-state index contributed by atoms with van der Waals surface area (Å²) >= 11 is 0. The molecular weight excluding hydrogens is 348 g/mol. The summed E-state index contributed by atoms with van der Waals surface area (Å²) in [5, 5.41) is 3.56. The normalized spacial score (nSPS) is 14.6. The molecule has 3 heterocycles. The van der Waals surface area contributed by atoms with Crippen LogP contribution < -0.4 is 4.90 Å². The first-order valence-corrected chi connectivity index (χ1v) is 9.53. The number of carbonyl (C=O) groups is 1. The summed E-state index contributed by atoms with van der Waals surface area (Å²) in [6.45, 7) is 2.91. The molecule has 0 spiro atoms. The van der Waals surface area contributed by atoms with E-state index >= 15 is 0 Å². The van der Waals surface area contributed by atoms with Crippen molar-refractivity contribution in [1.29, 1.82) is 0 Å². The van der Waals surface area contributed by atoms with Crippen LogP contribution >= 0.6 is 0 Å². The van der Waals surface area contributed by atoms with Gasteiger partial charge in [-0.15, -0.1) is 0 Å². The first-order chi connectivity index (χ1) is 13.8. The second-order valence-corrected chi connectivity index (χ2v) is 7.01. The Kier molecular flexibility index (Phi) is 4.13. The van der Waals surface area contributed by atoms with Crippen LogP contribution in [0.1, 0.15) is 10.4 Å². The van der Waals surface area contributed by atoms with E-state index in [1.165, 1.54) is 10.8 Å². The Labute approximate surface area is 163 Å². The number of aromatic nitrogens is 2. The Balaban J connectivity index is 1.45. The highest BCUT2D eigenvalue weighted by Crippen LogP contribution is 2.31. The van der Waals surface area contributed by atoms with E-state index in [1.54, 1.807) is 24.5 Å². The van der Waals surface area contributed by atoms with Gasteiger partial charge in [-0.1, -0.05) is 42.5 Å². The number of fused-ring (bicyclic) bond motifs is 3. The zero-order valence-electron chi connectivity index (χ0n) is 15.5. The maximum Gasteiger partial charge on any atom is 0.254 e. The molecule has 28 heavy (non-hydrogen) atoms. The van der Waals surface area contributed by atoms with Gasteiger partial charge in [-0.2, -0.15) is 0 Å². The number of pyridine rings is 2. The summed E-state index contributed by atoms with van der Waals surface area (Å²) in [7, 11) is 0. The second kappa shape index (κ2) is 6.93. The molecule has 5 heteroatoms. The Morgan fingerprint density at radius 3 is 2.14 bits per heavy atom. The molecule has 1 saturated heterocycles. The fourth-order valence-corrected chi connectivity index (χ4v) is 3.93. The van der Waals surface area contributed by atoms with Crippen LogP contribution in [0.4, 0.5) is 5.82 Å². The van der Waals surface area contributed by atoms with Crippen LogP contribution in [-0.4, -0.2) is 47.0 Å². The quantitative estimate of drug-likeness (QED) is 0.506. The largest absolute Gasteiger partial charge is 0.353 e. The topological polar surface area (TPSA) is 49.3 Å². The van der Waals surface area contributed by atoms with E-state index in [9.17, 15) is 4.79 Å². The van der Waals surface area contributed by atoms with Crippen molar-refractivity contribution in [2.75, 3.05) is 31.1 Å². The van der Waals surface area contributed by atoms with E-state index in [0.29, 0.717) is 18.7 Å². The van der Waals surface area contributed by atoms with Crippen LogP contribution in [0.25, 0.3) is 21.7 Å². The number of hydrogen-bond donors (Lipinski definition) is 0. The Morgan fingerprint density at radius 1 is 0.750 bits per heavy atom. The number of benzene rings is 2. The third-order valence-corrected chi connectivity index (χ3v) is 5.38. The average molecular weight is 368 g/mol. The smallest absolute Gasteiger partial charge is 0.254 e. The molecule has 0 unspecified atom stereocenters. The summed E-state index contributed by atoms with van der Waals surface area (Å²) in [5.41, 5.74) is 1.70. The van der Waals surface area contributed by atoms with Gasteiger partial charge in [-0.05, 0) is 23.6 Å². The molecule has 0 atom stereocenters. The maximum atomic E-state index is 12.7. The van der Waals surface area contributed by atoms with Crippen LogP contribution in [0.3, 0.4) is 0 Å². The predicted molar refractivity (Wildman–Crippen MR) is 112 cm³/mol. The van der Waals surface area contributed by atoms with Crippen molar-refractivity contribution in [2.24, 2.45) is 0 Å². The molecule has 0 saturated carbocycles. The van der Waals surface area contributed by atoms with Crippen molar-refractivity contribution in [3.05, 3.63) is 78.6 Å². The lowest BCUT2D eigenvalue weighted by Gasteiger charge is -2.36. The predicted octanol–water partition coefficient (Wildman–Crippen LogP) is 3.75. The van der Waals surface area contributed by atoms with E-state index in [0.717, 1.165) is 29.8 Å². The molecule has 1 aliphatic rings. The van der Waals surface area contributed by atoms with Crippen LogP contribution in [-0.2, 0) is 0 Å². The van der Waals surface area contributed by atoms with E-state index in [4.69, 9.17) is 4.98 Å². The van der Waals surface area contributed by atoms with Gasteiger partial charge in [0.1, 0.15) is 5.82 Å². The highest BCUT2D eigenvalue weighted by atomic mass is 16.2. The Bertz CT molecular complexity index is 1150. The summed E-state index contributed by atoms with van der Waals surface area (Å²) in [6.07, 6.45) is 3.32. The molecule has 138 valence electrons. The summed E-state index contributed by atoms with van der Waals surface area (Å²) in [6, 6.07) is 20.2. The van der Waals surface area contributed by atoms with Gasteiger partial charge in [0.15, 0.2) is 0 Å². The van der Waals surface area contributed by atoms with E-state index in [2.05, 4.69) is 52.3 Å². The standard InChI is InChI=1S/C23H20N4O/c28-23(17-9-11-24-12-10-17)27-15-13-26(14-16-27)22-20-7-2-1-5-18(20)19-6-3-4-8-21(19)25-22/h1-12H,13-16H2.